The van der Waals surface area contributed by atoms with E-state index in [4.69, 9.17) is 17.3 Å². The van der Waals surface area contributed by atoms with Crippen molar-refractivity contribution >= 4 is 21.6 Å². The Morgan fingerprint density at radius 2 is 2.18 bits per heavy atom. The van der Waals surface area contributed by atoms with Crippen molar-refractivity contribution < 1.29 is 8.42 Å². The average molecular weight is 281 g/mol. The average Bonchev–Trinajstić information content (AvgIpc) is 2.55. The van der Waals surface area contributed by atoms with E-state index in [0.717, 1.165) is 0 Å². The minimum atomic E-state index is -3.70. The Kier molecular flexibility index (Phi) is 4.54. The Hall–Kier alpha value is -0.630. The van der Waals surface area contributed by atoms with Crippen molar-refractivity contribution in [3.05, 3.63) is 11.2 Å². The molecule has 0 aromatic carbocycles. The van der Waals surface area contributed by atoms with Crippen LogP contribution >= 0.6 is 11.6 Å². The highest BCUT2D eigenvalue weighted by Gasteiger charge is 2.26. The molecule has 6 nitrogen and oxygen atoms in total. The summed E-state index contributed by atoms with van der Waals surface area (Å²) in [6.07, 6.45) is 1.29. The van der Waals surface area contributed by atoms with Crippen LogP contribution in [-0.2, 0) is 17.1 Å². The van der Waals surface area contributed by atoms with E-state index in [2.05, 4.69) is 9.82 Å². The van der Waals surface area contributed by atoms with Crippen LogP contribution in [0.4, 0.5) is 0 Å². The molecule has 0 radical (unpaired) electrons. The fourth-order valence-corrected chi connectivity index (χ4v) is 3.47. The van der Waals surface area contributed by atoms with Crippen molar-refractivity contribution in [2.45, 2.75) is 24.9 Å². The molecule has 0 saturated carbocycles. The second-order valence-corrected chi connectivity index (χ2v) is 6.17. The fraction of sp³-hybridized carbons (Fsp3) is 0.667. The number of halogens is 1. The van der Waals surface area contributed by atoms with Crippen LogP contribution in [0, 0.1) is 5.92 Å². The van der Waals surface area contributed by atoms with Gasteiger partial charge in [-0.15, -0.1) is 0 Å². The van der Waals surface area contributed by atoms with Crippen molar-refractivity contribution in [1.29, 1.82) is 0 Å². The van der Waals surface area contributed by atoms with E-state index in [1.807, 2.05) is 13.8 Å². The number of aryl methyl sites for hydroxylation is 1. The van der Waals surface area contributed by atoms with E-state index >= 15 is 0 Å². The van der Waals surface area contributed by atoms with Crippen LogP contribution in [-0.4, -0.2) is 30.8 Å². The first-order valence-corrected chi connectivity index (χ1v) is 7.05. The Morgan fingerprint density at radius 3 is 2.53 bits per heavy atom. The lowest BCUT2D eigenvalue weighted by atomic mass is 10.1. The molecule has 0 fully saturated rings. The lowest BCUT2D eigenvalue weighted by molar-refractivity contribution is 0.451. The summed E-state index contributed by atoms with van der Waals surface area (Å²) in [4.78, 5) is 0. The van der Waals surface area contributed by atoms with Gasteiger partial charge in [-0.25, -0.2) is 13.1 Å². The van der Waals surface area contributed by atoms with Gasteiger partial charge in [-0.05, 0) is 5.92 Å². The van der Waals surface area contributed by atoms with E-state index in [0.29, 0.717) is 0 Å². The Labute approximate surface area is 106 Å². The first kappa shape index (κ1) is 14.4. The minimum Gasteiger partial charge on any atom is -0.329 e. The highest BCUT2D eigenvalue weighted by molar-refractivity contribution is 7.89. The van der Waals surface area contributed by atoms with Crippen LogP contribution < -0.4 is 10.5 Å². The molecule has 0 spiro atoms. The Morgan fingerprint density at radius 1 is 1.59 bits per heavy atom. The van der Waals surface area contributed by atoms with E-state index in [1.54, 1.807) is 0 Å². The maximum Gasteiger partial charge on any atom is 0.259 e. The van der Waals surface area contributed by atoms with E-state index in [-0.39, 0.29) is 28.6 Å². The monoisotopic (exact) mass is 280 g/mol. The van der Waals surface area contributed by atoms with Gasteiger partial charge in [0.1, 0.15) is 0 Å². The molecule has 0 aliphatic rings. The van der Waals surface area contributed by atoms with Gasteiger partial charge in [0, 0.05) is 19.6 Å². The number of sulfonamides is 1. The molecule has 3 N–H and O–H groups in total. The Bertz CT molecular complexity index is 464. The van der Waals surface area contributed by atoms with E-state index in [1.165, 1.54) is 17.9 Å². The summed E-state index contributed by atoms with van der Waals surface area (Å²) in [6, 6.07) is -0.328. The van der Waals surface area contributed by atoms with Crippen LogP contribution in [0.5, 0.6) is 0 Å². The summed E-state index contributed by atoms with van der Waals surface area (Å²) in [5, 5.41) is 3.85. The molecule has 0 saturated heterocycles. The quantitative estimate of drug-likeness (QED) is 0.814. The molecule has 1 aromatic heterocycles. The molecule has 1 heterocycles. The van der Waals surface area contributed by atoms with Crippen molar-refractivity contribution in [3.8, 4) is 0 Å². The van der Waals surface area contributed by atoms with Gasteiger partial charge in [0.25, 0.3) is 10.0 Å². The molecule has 1 unspecified atom stereocenters. The molecule has 0 bridgehead atoms. The maximum absolute atomic E-state index is 12.1. The van der Waals surface area contributed by atoms with Gasteiger partial charge in [-0.3, -0.25) is 4.68 Å². The topological polar surface area (TPSA) is 90.0 Å². The third-order valence-corrected chi connectivity index (χ3v) is 4.46. The van der Waals surface area contributed by atoms with E-state index < -0.39 is 10.0 Å². The molecule has 17 heavy (non-hydrogen) atoms. The van der Waals surface area contributed by atoms with Crippen LogP contribution in [0.2, 0.25) is 5.02 Å². The van der Waals surface area contributed by atoms with Crippen molar-refractivity contribution in [1.82, 2.24) is 14.5 Å². The third-order valence-electron chi connectivity index (χ3n) is 2.46. The summed E-state index contributed by atoms with van der Waals surface area (Å²) in [7, 11) is -2.18. The van der Waals surface area contributed by atoms with Crippen LogP contribution in [0.25, 0.3) is 0 Å². The van der Waals surface area contributed by atoms with Gasteiger partial charge in [-0.1, -0.05) is 25.4 Å². The number of nitrogens with zero attached hydrogens (tertiary/aromatic N) is 2. The fourth-order valence-electron chi connectivity index (χ4n) is 1.41. The first-order chi connectivity index (χ1) is 7.79. The predicted octanol–water partition coefficient (Wildman–Crippen LogP) is 0.335. The summed E-state index contributed by atoms with van der Waals surface area (Å²) >= 11 is 5.80. The zero-order valence-corrected chi connectivity index (χ0v) is 11.6. The largest absolute Gasteiger partial charge is 0.329 e. The highest BCUT2D eigenvalue weighted by Crippen LogP contribution is 2.20. The normalized spacial score (nSPS) is 14.2. The minimum absolute atomic E-state index is 0.0433. The van der Waals surface area contributed by atoms with Crippen LogP contribution in [0.3, 0.4) is 0 Å². The van der Waals surface area contributed by atoms with Gasteiger partial charge >= 0.3 is 0 Å². The van der Waals surface area contributed by atoms with Crippen molar-refractivity contribution in [3.63, 3.8) is 0 Å². The van der Waals surface area contributed by atoms with Crippen molar-refractivity contribution in [2.75, 3.05) is 6.54 Å². The smallest absolute Gasteiger partial charge is 0.259 e. The second-order valence-electron chi connectivity index (χ2n) is 4.13. The van der Waals surface area contributed by atoms with Crippen molar-refractivity contribution in [2.24, 2.45) is 18.7 Å². The molecule has 1 aromatic rings. The standard InChI is InChI=1S/C9H17ClN4O2S/c1-6(2)8(4-11)13-17(15,16)9-7(10)5-12-14(9)3/h5-6,8,13H,4,11H2,1-3H3. The molecule has 0 amide bonds. The second kappa shape index (κ2) is 5.34. The zero-order valence-electron chi connectivity index (χ0n) is 10.0. The van der Waals surface area contributed by atoms with Gasteiger partial charge in [0.05, 0.1) is 11.2 Å². The lowest BCUT2D eigenvalue weighted by Gasteiger charge is -2.20. The first-order valence-electron chi connectivity index (χ1n) is 5.19. The summed E-state index contributed by atoms with van der Waals surface area (Å²) < 4.78 is 27.9. The summed E-state index contributed by atoms with van der Waals surface area (Å²) in [6.45, 7) is 4.02. The third kappa shape index (κ3) is 3.19. The predicted molar refractivity (Wildman–Crippen MR) is 66.2 cm³/mol. The molecule has 0 aliphatic heterocycles. The maximum atomic E-state index is 12.1. The van der Waals surface area contributed by atoms with Gasteiger partial charge in [0.15, 0.2) is 5.03 Å². The molecular weight excluding hydrogens is 264 g/mol. The molecule has 1 rings (SSSR count). The van der Waals surface area contributed by atoms with Crippen LogP contribution in [0.1, 0.15) is 13.8 Å². The molecule has 1 atom stereocenters. The molecule has 8 heteroatoms. The number of hydrogen-bond donors (Lipinski definition) is 2. The van der Waals surface area contributed by atoms with Crippen LogP contribution in [0.15, 0.2) is 11.2 Å². The number of nitrogens with two attached hydrogens (primary N) is 1. The SMILES string of the molecule is CC(C)C(CN)NS(=O)(=O)c1c(Cl)cnn1C. The summed E-state index contributed by atoms with van der Waals surface area (Å²) in [5.74, 6) is 0.0989. The molecule has 98 valence electrons. The molecule has 0 aliphatic carbocycles. The number of rotatable bonds is 5. The number of aromatic nitrogens is 2. The highest BCUT2D eigenvalue weighted by atomic mass is 35.5. The molecular formula is C9H17ClN4O2S. The number of nitrogens with one attached hydrogen (secondary N) is 1. The van der Waals surface area contributed by atoms with E-state index in [9.17, 15) is 8.42 Å². The van der Waals surface area contributed by atoms with Gasteiger partial charge in [0.2, 0.25) is 0 Å². The van der Waals surface area contributed by atoms with Gasteiger partial charge in [-0.2, -0.15) is 5.10 Å². The zero-order chi connectivity index (χ0) is 13.2. The number of hydrogen-bond acceptors (Lipinski definition) is 4. The lowest BCUT2D eigenvalue weighted by Crippen LogP contribution is -2.44. The summed E-state index contributed by atoms with van der Waals surface area (Å²) in [5.41, 5.74) is 5.53. The Balaban J connectivity index is 3.05. The van der Waals surface area contributed by atoms with Gasteiger partial charge < -0.3 is 5.73 Å².